The lowest BCUT2D eigenvalue weighted by Gasteiger charge is -2.23. The minimum Gasteiger partial charge on any atom is -0.478 e. The molecule has 2 rings (SSSR count). The number of carbonyl (C=O) groups excluding carboxylic acids is 1. The van der Waals surface area contributed by atoms with Gasteiger partial charge in [0.1, 0.15) is 5.00 Å². The molecule has 1 aliphatic rings. The van der Waals surface area contributed by atoms with Crippen molar-refractivity contribution in [3.63, 3.8) is 0 Å². The van der Waals surface area contributed by atoms with Gasteiger partial charge < -0.3 is 10.4 Å². The number of rotatable bonds is 3. The molecule has 1 saturated carbocycles. The molecule has 80 valence electrons. The van der Waals surface area contributed by atoms with E-state index in [1.54, 1.807) is 5.38 Å². The van der Waals surface area contributed by atoms with Gasteiger partial charge in [-0.05, 0) is 24.3 Å². The quantitative estimate of drug-likeness (QED) is 0.828. The van der Waals surface area contributed by atoms with Crippen molar-refractivity contribution in [2.24, 2.45) is 5.92 Å². The monoisotopic (exact) mass is 225 g/mol. The predicted octanol–water partition coefficient (Wildman–Crippen LogP) is 2.18. The van der Waals surface area contributed by atoms with Gasteiger partial charge >= 0.3 is 5.97 Å². The van der Waals surface area contributed by atoms with Gasteiger partial charge in [-0.1, -0.05) is 6.42 Å². The van der Waals surface area contributed by atoms with Gasteiger partial charge in [-0.15, -0.1) is 11.3 Å². The van der Waals surface area contributed by atoms with Gasteiger partial charge in [0.15, 0.2) is 0 Å². The first-order chi connectivity index (χ1) is 7.18. The Kier molecular flexibility index (Phi) is 2.73. The number of hydrogen-bond donors (Lipinski definition) is 2. The molecule has 0 atom stereocenters. The Morgan fingerprint density at radius 1 is 1.47 bits per heavy atom. The molecule has 1 amide bonds. The lowest BCUT2D eigenvalue weighted by Crippen LogP contribution is -2.28. The van der Waals surface area contributed by atoms with Crippen molar-refractivity contribution in [2.45, 2.75) is 19.3 Å². The van der Waals surface area contributed by atoms with Gasteiger partial charge in [-0.25, -0.2) is 4.79 Å². The molecule has 0 radical (unpaired) electrons. The van der Waals surface area contributed by atoms with Crippen LogP contribution in [0.4, 0.5) is 5.00 Å². The molecule has 0 aliphatic heterocycles. The van der Waals surface area contributed by atoms with Crippen molar-refractivity contribution in [3.05, 3.63) is 17.0 Å². The highest BCUT2D eigenvalue weighted by Gasteiger charge is 2.26. The van der Waals surface area contributed by atoms with Crippen molar-refractivity contribution < 1.29 is 14.7 Å². The summed E-state index contributed by atoms with van der Waals surface area (Å²) in [5, 5.41) is 13.6. The van der Waals surface area contributed by atoms with Crippen molar-refractivity contribution in [1.82, 2.24) is 0 Å². The zero-order chi connectivity index (χ0) is 10.8. The van der Waals surface area contributed by atoms with Crippen LogP contribution in [0.2, 0.25) is 0 Å². The third kappa shape index (κ3) is 2.02. The number of carboxylic acid groups (broad SMARTS) is 1. The van der Waals surface area contributed by atoms with Crippen LogP contribution < -0.4 is 5.32 Å². The van der Waals surface area contributed by atoms with Crippen LogP contribution in [0.15, 0.2) is 11.4 Å². The maximum absolute atomic E-state index is 11.6. The van der Waals surface area contributed by atoms with Crippen molar-refractivity contribution in [2.75, 3.05) is 5.32 Å². The molecule has 0 unspecified atom stereocenters. The number of aromatic carboxylic acids is 1. The van der Waals surface area contributed by atoms with E-state index in [9.17, 15) is 9.59 Å². The maximum Gasteiger partial charge on any atom is 0.338 e. The second kappa shape index (κ2) is 4.02. The summed E-state index contributed by atoms with van der Waals surface area (Å²) in [6.07, 6.45) is 2.92. The van der Waals surface area contributed by atoms with Crippen LogP contribution in [0.25, 0.3) is 0 Å². The van der Waals surface area contributed by atoms with Crippen LogP contribution in [0.3, 0.4) is 0 Å². The van der Waals surface area contributed by atoms with E-state index in [0.717, 1.165) is 19.3 Å². The second-order valence-corrected chi connectivity index (χ2v) is 4.50. The molecule has 4 nitrogen and oxygen atoms in total. The van der Waals surface area contributed by atoms with Crippen molar-refractivity contribution in [3.8, 4) is 0 Å². The summed E-state index contributed by atoms with van der Waals surface area (Å²) in [4.78, 5) is 22.3. The SMILES string of the molecule is O=C(O)c1ccsc1NC(=O)C1CCC1. The number of amides is 1. The molecule has 0 aromatic carbocycles. The highest BCUT2D eigenvalue weighted by molar-refractivity contribution is 7.14. The topological polar surface area (TPSA) is 66.4 Å². The van der Waals surface area contributed by atoms with E-state index >= 15 is 0 Å². The Morgan fingerprint density at radius 3 is 2.73 bits per heavy atom. The van der Waals surface area contributed by atoms with Crippen LogP contribution in [0.5, 0.6) is 0 Å². The summed E-state index contributed by atoms with van der Waals surface area (Å²) in [5.74, 6) is -0.972. The van der Waals surface area contributed by atoms with Crippen molar-refractivity contribution in [1.29, 1.82) is 0 Å². The van der Waals surface area contributed by atoms with Crippen LogP contribution in [-0.2, 0) is 4.79 Å². The molecule has 0 saturated heterocycles. The fraction of sp³-hybridized carbons (Fsp3) is 0.400. The standard InChI is InChI=1S/C10H11NO3S/c12-8(6-2-1-3-6)11-9-7(10(13)14)4-5-15-9/h4-6H,1-3H2,(H,11,12)(H,13,14). The summed E-state index contributed by atoms with van der Waals surface area (Å²) in [7, 11) is 0. The molecule has 0 spiro atoms. The van der Waals surface area contributed by atoms with Gasteiger partial charge in [-0.2, -0.15) is 0 Å². The van der Waals surface area contributed by atoms with Crippen LogP contribution in [0, 0.1) is 5.92 Å². The van der Waals surface area contributed by atoms with Gasteiger partial charge in [-0.3, -0.25) is 4.79 Å². The lowest BCUT2D eigenvalue weighted by atomic mass is 9.85. The zero-order valence-electron chi connectivity index (χ0n) is 8.03. The van der Waals surface area contributed by atoms with E-state index in [2.05, 4.69) is 5.32 Å². The Morgan fingerprint density at radius 2 is 2.20 bits per heavy atom. The third-order valence-electron chi connectivity index (χ3n) is 2.61. The molecule has 1 aromatic heterocycles. The summed E-state index contributed by atoms with van der Waals surface area (Å²) < 4.78 is 0. The number of anilines is 1. The fourth-order valence-corrected chi connectivity index (χ4v) is 2.24. The number of thiophene rings is 1. The van der Waals surface area contributed by atoms with Gasteiger partial charge in [0.25, 0.3) is 0 Å². The molecule has 0 bridgehead atoms. The third-order valence-corrected chi connectivity index (χ3v) is 3.44. The number of hydrogen-bond acceptors (Lipinski definition) is 3. The number of carboxylic acids is 1. The Labute approximate surface area is 90.9 Å². The second-order valence-electron chi connectivity index (χ2n) is 3.59. The smallest absolute Gasteiger partial charge is 0.338 e. The van der Waals surface area contributed by atoms with E-state index in [4.69, 9.17) is 5.11 Å². The molecule has 15 heavy (non-hydrogen) atoms. The fourth-order valence-electron chi connectivity index (χ4n) is 1.46. The molecule has 1 aliphatic carbocycles. The Hall–Kier alpha value is -1.36. The Balaban J connectivity index is 2.06. The van der Waals surface area contributed by atoms with Gasteiger partial charge in [0.2, 0.25) is 5.91 Å². The van der Waals surface area contributed by atoms with E-state index in [1.165, 1.54) is 17.4 Å². The van der Waals surface area contributed by atoms with Gasteiger partial charge in [0, 0.05) is 5.92 Å². The molecule has 1 aromatic rings. The molecular weight excluding hydrogens is 214 g/mol. The first kappa shape index (κ1) is 10.2. The number of nitrogens with one attached hydrogen (secondary N) is 1. The normalized spacial score (nSPS) is 15.7. The predicted molar refractivity (Wildman–Crippen MR) is 57.2 cm³/mol. The Bertz CT molecular complexity index is 395. The summed E-state index contributed by atoms with van der Waals surface area (Å²) in [6.45, 7) is 0. The van der Waals surface area contributed by atoms with Crippen LogP contribution in [0.1, 0.15) is 29.6 Å². The average Bonchev–Trinajstić information content (AvgIpc) is 2.48. The summed E-state index contributed by atoms with van der Waals surface area (Å²) in [6, 6.07) is 1.50. The molecule has 5 heteroatoms. The number of carbonyl (C=O) groups is 2. The summed E-state index contributed by atoms with van der Waals surface area (Å²) >= 11 is 1.25. The molecule has 2 N–H and O–H groups in total. The maximum atomic E-state index is 11.6. The zero-order valence-corrected chi connectivity index (χ0v) is 8.84. The highest BCUT2D eigenvalue weighted by Crippen LogP contribution is 2.30. The molecule has 1 fully saturated rings. The van der Waals surface area contributed by atoms with Gasteiger partial charge in [0.05, 0.1) is 5.56 Å². The van der Waals surface area contributed by atoms with Crippen LogP contribution >= 0.6 is 11.3 Å². The highest BCUT2D eigenvalue weighted by atomic mass is 32.1. The van der Waals surface area contributed by atoms with E-state index < -0.39 is 5.97 Å². The lowest BCUT2D eigenvalue weighted by molar-refractivity contribution is -0.122. The van der Waals surface area contributed by atoms with Crippen LogP contribution in [-0.4, -0.2) is 17.0 Å². The summed E-state index contributed by atoms with van der Waals surface area (Å²) in [5.41, 5.74) is 0.174. The first-order valence-corrected chi connectivity index (χ1v) is 5.68. The van der Waals surface area contributed by atoms with E-state index in [0.29, 0.717) is 5.00 Å². The van der Waals surface area contributed by atoms with Crippen molar-refractivity contribution >= 4 is 28.2 Å². The molecule has 1 heterocycles. The minimum atomic E-state index is -1.000. The van der Waals surface area contributed by atoms with E-state index in [1.807, 2.05) is 0 Å². The minimum absolute atomic E-state index is 0.0498. The first-order valence-electron chi connectivity index (χ1n) is 4.80. The molecular formula is C10H11NO3S. The largest absolute Gasteiger partial charge is 0.478 e. The van der Waals surface area contributed by atoms with E-state index in [-0.39, 0.29) is 17.4 Å². The average molecular weight is 225 g/mol.